The molecule has 0 radical (unpaired) electrons. The molecule has 1 saturated heterocycles. The molecule has 0 atom stereocenters. The molecule has 0 bridgehead atoms. The summed E-state index contributed by atoms with van der Waals surface area (Å²) in [6.07, 6.45) is 9.98. The maximum absolute atomic E-state index is 12.5. The largest absolute Gasteiger partial charge is 0.508 e. The van der Waals surface area contributed by atoms with Crippen LogP contribution in [0.4, 0.5) is 4.79 Å². The zero-order valence-electron chi connectivity index (χ0n) is 15.5. The maximum Gasteiger partial charge on any atom is 0.321 e. The molecule has 1 fully saturated rings. The summed E-state index contributed by atoms with van der Waals surface area (Å²) in [5, 5.41) is 13.2. The Hall–Kier alpha value is -2.40. The number of likely N-dealkylation sites (tertiary alicyclic amines) is 1. The number of nitrogens with zero attached hydrogens (tertiary/aromatic N) is 1. The van der Waals surface area contributed by atoms with Gasteiger partial charge in [0.15, 0.2) is 0 Å². The van der Waals surface area contributed by atoms with E-state index >= 15 is 0 Å². The minimum Gasteiger partial charge on any atom is -0.508 e. The number of nitrogens with one attached hydrogen (secondary N) is 1. The standard InChI is InChI=1S/C21H25ClN2O3/c1-15-13-19(7-8-20(15)25)27-14-16-9-11-24(12-10-16)21(26)23-18-4-2-3-17(22)5-6-18/h3-8,13,16,25H,2,9-12,14H2,1H3,(H,23,26). The highest BCUT2D eigenvalue weighted by Crippen LogP contribution is 2.24. The number of aromatic hydroxyl groups is 1. The van der Waals surface area contributed by atoms with Crippen LogP contribution < -0.4 is 10.1 Å². The highest BCUT2D eigenvalue weighted by atomic mass is 35.5. The number of benzene rings is 1. The highest BCUT2D eigenvalue weighted by molar-refractivity contribution is 6.31. The summed E-state index contributed by atoms with van der Waals surface area (Å²) in [6, 6.07) is 5.20. The average Bonchev–Trinajstić information content (AvgIpc) is 2.87. The fraction of sp³-hybridized carbons (Fsp3) is 0.381. The quantitative estimate of drug-likeness (QED) is 0.800. The number of amides is 2. The second kappa shape index (κ2) is 9.00. The molecule has 2 amide bonds. The van der Waals surface area contributed by atoms with E-state index in [-0.39, 0.29) is 11.8 Å². The second-order valence-electron chi connectivity index (χ2n) is 6.94. The number of halogens is 1. The van der Waals surface area contributed by atoms with E-state index in [0.717, 1.165) is 29.9 Å². The van der Waals surface area contributed by atoms with Crippen molar-refractivity contribution in [2.75, 3.05) is 19.7 Å². The van der Waals surface area contributed by atoms with Crippen molar-refractivity contribution >= 4 is 17.6 Å². The molecular formula is C21H25ClN2O3. The maximum atomic E-state index is 12.5. The highest BCUT2D eigenvalue weighted by Gasteiger charge is 2.23. The summed E-state index contributed by atoms with van der Waals surface area (Å²) in [5.41, 5.74) is 1.58. The lowest BCUT2D eigenvalue weighted by atomic mass is 9.98. The molecule has 5 nitrogen and oxygen atoms in total. The second-order valence-corrected chi connectivity index (χ2v) is 7.37. The van der Waals surface area contributed by atoms with Crippen LogP contribution in [0, 0.1) is 12.8 Å². The van der Waals surface area contributed by atoms with Crippen LogP contribution in [0.15, 0.2) is 53.2 Å². The van der Waals surface area contributed by atoms with E-state index in [9.17, 15) is 9.90 Å². The zero-order valence-corrected chi connectivity index (χ0v) is 16.2. The van der Waals surface area contributed by atoms with Gasteiger partial charge in [-0.15, -0.1) is 0 Å². The van der Waals surface area contributed by atoms with Gasteiger partial charge in [0.05, 0.1) is 6.61 Å². The SMILES string of the molecule is Cc1cc(OCC2CCN(C(=O)NC3=CCC=C(Cl)C=C3)CC2)ccc1O. The molecule has 1 aromatic rings. The summed E-state index contributed by atoms with van der Waals surface area (Å²) in [7, 11) is 0. The molecule has 1 heterocycles. The Morgan fingerprint density at radius 2 is 2.07 bits per heavy atom. The first-order valence-corrected chi connectivity index (χ1v) is 9.61. The van der Waals surface area contributed by atoms with Crippen LogP contribution in [0.3, 0.4) is 0 Å². The molecule has 0 unspecified atom stereocenters. The van der Waals surface area contributed by atoms with Crippen molar-refractivity contribution < 1.29 is 14.6 Å². The van der Waals surface area contributed by atoms with Gasteiger partial charge in [0.2, 0.25) is 0 Å². The molecule has 2 aliphatic rings. The molecule has 6 heteroatoms. The first kappa shape index (κ1) is 19.4. The molecule has 0 spiro atoms. The predicted octanol–water partition coefficient (Wildman–Crippen LogP) is 4.47. The lowest BCUT2D eigenvalue weighted by molar-refractivity contribution is 0.147. The Morgan fingerprint density at radius 3 is 2.81 bits per heavy atom. The summed E-state index contributed by atoms with van der Waals surface area (Å²) in [6.45, 7) is 3.90. The van der Waals surface area contributed by atoms with Crippen LogP contribution in [0.2, 0.25) is 0 Å². The lowest BCUT2D eigenvalue weighted by Gasteiger charge is -2.32. The summed E-state index contributed by atoms with van der Waals surface area (Å²) in [5.74, 6) is 1.46. The molecule has 2 N–H and O–H groups in total. The van der Waals surface area contributed by atoms with Crippen LogP contribution in [0.25, 0.3) is 0 Å². The van der Waals surface area contributed by atoms with Gasteiger partial charge < -0.3 is 20.1 Å². The fourth-order valence-electron chi connectivity index (χ4n) is 3.13. The van der Waals surface area contributed by atoms with Gasteiger partial charge in [-0.3, -0.25) is 0 Å². The summed E-state index contributed by atoms with van der Waals surface area (Å²) in [4.78, 5) is 14.3. The minimum atomic E-state index is -0.0718. The van der Waals surface area contributed by atoms with Gasteiger partial charge in [0, 0.05) is 23.8 Å². The number of hydrogen-bond acceptors (Lipinski definition) is 3. The van der Waals surface area contributed by atoms with E-state index in [4.69, 9.17) is 16.3 Å². The van der Waals surface area contributed by atoms with E-state index in [2.05, 4.69) is 5.32 Å². The number of phenolic OH excluding ortho intramolecular Hbond substituents is 1. The third kappa shape index (κ3) is 5.54. The summed E-state index contributed by atoms with van der Waals surface area (Å²) >= 11 is 5.97. The molecule has 0 saturated carbocycles. The van der Waals surface area contributed by atoms with Crippen molar-refractivity contribution in [3.63, 3.8) is 0 Å². The van der Waals surface area contributed by atoms with E-state index in [1.54, 1.807) is 18.2 Å². The molecule has 27 heavy (non-hydrogen) atoms. The molecule has 0 aromatic heterocycles. The van der Waals surface area contributed by atoms with Crippen LogP contribution >= 0.6 is 11.6 Å². The van der Waals surface area contributed by atoms with Crippen molar-refractivity contribution in [2.24, 2.45) is 5.92 Å². The van der Waals surface area contributed by atoms with Gasteiger partial charge in [0.1, 0.15) is 11.5 Å². The fourth-order valence-corrected chi connectivity index (χ4v) is 3.29. The smallest absolute Gasteiger partial charge is 0.321 e. The summed E-state index contributed by atoms with van der Waals surface area (Å²) < 4.78 is 5.86. The van der Waals surface area contributed by atoms with Crippen molar-refractivity contribution in [2.45, 2.75) is 26.2 Å². The van der Waals surface area contributed by atoms with Crippen LogP contribution in [-0.4, -0.2) is 35.7 Å². The van der Waals surface area contributed by atoms with Gasteiger partial charge >= 0.3 is 6.03 Å². The van der Waals surface area contributed by atoms with Crippen LogP contribution in [0.5, 0.6) is 11.5 Å². The Bertz CT molecular complexity index is 778. The Morgan fingerprint density at radius 1 is 1.30 bits per heavy atom. The van der Waals surface area contributed by atoms with Gasteiger partial charge in [-0.2, -0.15) is 0 Å². The molecule has 144 valence electrons. The number of phenols is 1. The van der Waals surface area contributed by atoms with Crippen molar-refractivity contribution in [1.29, 1.82) is 0 Å². The van der Waals surface area contributed by atoms with Crippen LogP contribution in [0.1, 0.15) is 24.8 Å². The number of carbonyl (C=O) groups is 1. The Labute approximate surface area is 165 Å². The molecular weight excluding hydrogens is 364 g/mol. The minimum absolute atomic E-state index is 0.0718. The first-order chi connectivity index (χ1) is 13.0. The van der Waals surface area contributed by atoms with E-state index in [0.29, 0.717) is 37.1 Å². The third-order valence-corrected chi connectivity index (χ3v) is 5.16. The van der Waals surface area contributed by atoms with E-state index < -0.39 is 0 Å². The average molecular weight is 389 g/mol. The number of aryl methyl sites for hydroxylation is 1. The first-order valence-electron chi connectivity index (χ1n) is 9.23. The number of rotatable bonds is 4. The van der Waals surface area contributed by atoms with Crippen molar-refractivity contribution in [3.8, 4) is 11.5 Å². The number of hydrogen-bond donors (Lipinski definition) is 2. The normalized spacial score (nSPS) is 17.8. The number of urea groups is 1. The Balaban J connectivity index is 1.43. The molecule has 1 aromatic carbocycles. The van der Waals surface area contributed by atoms with Gasteiger partial charge in [0.25, 0.3) is 0 Å². The molecule has 1 aliphatic heterocycles. The van der Waals surface area contributed by atoms with E-state index in [1.807, 2.05) is 36.1 Å². The predicted molar refractivity (Wildman–Crippen MR) is 107 cm³/mol. The topological polar surface area (TPSA) is 61.8 Å². The lowest BCUT2D eigenvalue weighted by Crippen LogP contribution is -2.44. The van der Waals surface area contributed by atoms with Crippen LogP contribution in [-0.2, 0) is 0 Å². The molecule has 3 rings (SSSR count). The number of ether oxygens (including phenoxy) is 1. The third-order valence-electron chi connectivity index (χ3n) is 4.88. The number of carbonyl (C=O) groups excluding carboxylic acids is 1. The van der Waals surface area contributed by atoms with Gasteiger partial charge in [-0.25, -0.2) is 4.79 Å². The van der Waals surface area contributed by atoms with Gasteiger partial charge in [-0.05, 0) is 68.0 Å². The van der Waals surface area contributed by atoms with Crippen molar-refractivity contribution in [3.05, 3.63) is 58.8 Å². The number of piperidine rings is 1. The number of allylic oxidation sites excluding steroid dienone is 5. The van der Waals surface area contributed by atoms with Crippen molar-refractivity contribution in [1.82, 2.24) is 10.2 Å². The monoisotopic (exact) mass is 388 g/mol. The zero-order chi connectivity index (χ0) is 19.2. The van der Waals surface area contributed by atoms with Gasteiger partial charge in [-0.1, -0.05) is 23.8 Å². The Kier molecular flexibility index (Phi) is 6.45. The van der Waals surface area contributed by atoms with E-state index in [1.165, 1.54) is 0 Å². The molecule has 1 aliphatic carbocycles.